The van der Waals surface area contributed by atoms with Crippen molar-refractivity contribution in [1.82, 2.24) is 9.46 Å². The van der Waals surface area contributed by atoms with Crippen LogP contribution in [0.4, 0.5) is 10.1 Å². The van der Waals surface area contributed by atoms with Crippen LogP contribution < -0.4 is 5.32 Å². The normalized spacial score (nSPS) is 16.4. The van der Waals surface area contributed by atoms with Crippen LogP contribution in [0.2, 0.25) is 5.02 Å². The zero-order valence-corrected chi connectivity index (χ0v) is 16.4. The highest BCUT2D eigenvalue weighted by molar-refractivity contribution is 7.89. The maximum Gasteiger partial charge on any atom is 0.248 e. The second-order valence-corrected chi connectivity index (χ2v) is 8.70. The number of piperidine rings is 1. The van der Waals surface area contributed by atoms with Crippen molar-refractivity contribution in [2.24, 2.45) is 5.92 Å². The number of hydrogen-bond acceptors (Lipinski definition) is 5. The van der Waals surface area contributed by atoms with Crippen LogP contribution in [0.3, 0.4) is 0 Å². The third-order valence-corrected chi connectivity index (χ3v) is 7.04. The van der Waals surface area contributed by atoms with Crippen molar-refractivity contribution >= 4 is 33.2 Å². The molecule has 3 rings (SSSR count). The number of hydrogen-bond donors (Lipinski definition) is 1. The lowest BCUT2D eigenvalue weighted by molar-refractivity contribution is -0.120. The Morgan fingerprint density at radius 3 is 2.59 bits per heavy atom. The number of benzene rings is 1. The minimum Gasteiger partial charge on any atom is -0.360 e. The van der Waals surface area contributed by atoms with Crippen LogP contribution in [-0.4, -0.2) is 36.9 Å². The van der Waals surface area contributed by atoms with E-state index >= 15 is 0 Å². The van der Waals surface area contributed by atoms with Crippen molar-refractivity contribution in [3.63, 3.8) is 0 Å². The minimum absolute atomic E-state index is 0.0123. The van der Waals surface area contributed by atoms with Gasteiger partial charge in [0.2, 0.25) is 15.9 Å². The summed E-state index contributed by atoms with van der Waals surface area (Å²) in [6, 6.07) is 4.36. The molecule has 146 valence electrons. The molecule has 7 nitrogen and oxygen atoms in total. The first kappa shape index (κ1) is 19.8. The van der Waals surface area contributed by atoms with Crippen LogP contribution >= 0.6 is 11.6 Å². The largest absolute Gasteiger partial charge is 0.360 e. The van der Waals surface area contributed by atoms with Crippen LogP contribution in [0.15, 0.2) is 27.6 Å². The first-order valence-corrected chi connectivity index (χ1v) is 10.2. The van der Waals surface area contributed by atoms with E-state index < -0.39 is 21.8 Å². The summed E-state index contributed by atoms with van der Waals surface area (Å²) >= 11 is 5.71. The first-order chi connectivity index (χ1) is 12.7. The highest BCUT2D eigenvalue weighted by Gasteiger charge is 2.35. The smallest absolute Gasteiger partial charge is 0.248 e. The monoisotopic (exact) mass is 415 g/mol. The van der Waals surface area contributed by atoms with E-state index in [9.17, 15) is 17.6 Å². The predicted molar refractivity (Wildman–Crippen MR) is 97.5 cm³/mol. The van der Waals surface area contributed by atoms with Gasteiger partial charge in [-0.3, -0.25) is 4.79 Å². The van der Waals surface area contributed by atoms with Gasteiger partial charge in [0.25, 0.3) is 0 Å². The molecule has 1 aromatic heterocycles. The minimum atomic E-state index is -3.73. The lowest BCUT2D eigenvalue weighted by Gasteiger charge is -2.30. The Balaban J connectivity index is 1.66. The Hall–Kier alpha value is -1.97. The maximum absolute atomic E-state index is 13.9. The molecule has 2 heterocycles. The first-order valence-electron chi connectivity index (χ1n) is 8.39. The number of nitrogens with one attached hydrogen (secondary N) is 1. The Bertz CT molecular complexity index is 949. The number of sulfonamides is 1. The van der Waals surface area contributed by atoms with Crippen molar-refractivity contribution in [1.29, 1.82) is 0 Å². The van der Waals surface area contributed by atoms with E-state index in [1.165, 1.54) is 16.4 Å². The Morgan fingerprint density at radius 1 is 1.33 bits per heavy atom. The Morgan fingerprint density at radius 2 is 2.00 bits per heavy atom. The molecule has 1 aliphatic rings. The van der Waals surface area contributed by atoms with Crippen molar-refractivity contribution in [2.45, 2.75) is 31.6 Å². The molecule has 0 unspecified atom stereocenters. The van der Waals surface area contributed by atoms with Gasteiger partial charge in [-0.05, 0) is 38.8 Å². The maximum atomic E-state index is 13.9. The summed E-state index contributed by atoms with van der Waals surface area (Å²) in [6.45, 7) is 3.49. The van der Waals surface area contributed by atoms with Crippen molar-refractivity contribution in [2.75, 3.05) is 18.4 Å². The van der Waals surface area contributed by atoms with Crippen LogP contribution in [0.5, 0.6) is 0 Å². The number of nitrogens with zero attached hydrogens (tertiary/aromatic N) is 2. The molecule has 0 aliphatic carbocycles. The molecular formula is C17H19ClFN3O4S. The molecule has 1 saturated heterocycles. The van der Waals surface area contributed by atoms with Gasteiger partial charge in [0.1, 0.15) is 10.6 Å². The number of halogens is 2. The van der Waals surface area contributed by atoms with Gasteiger partial charge in [-0.2, -0.15) is 4.31 Å². The van der Waals surface area contributed by atoms with Gasteiger partial charge in [0.05, 0.1) is 10.7 Å². The van der Waals surface area contributed by atoms with Gasteiger partial charge in [-0.25, -0.2) is 12.8 Å². The fraction of sp³-hybridized carbons (Fsp3) is 0.412. The summed E-state index contributed by atoms with van der Waals surface area (Å²) in [4.78, 5) is 12.5. The molecule has 1 aliphatic heterocycles. The molecule has 1 fully saturated rings. The average Bonchev–Trinajstić information content (AvgIpc) is 2.98. The Labute approximate surface area is 161 Å². The van der Waals surface area contributed by atoms with Crippen molar-refractivity contribution in [3.05, 3.63) is 40.5 Å². The lowest BCUT2D eigenvalue weighted by Crippen LogP contribution is -2.41. The third-order valence-electron chi connectivity index (χ3n) is 4.60. The van der Waals surface area contributed by atoms with E-state index in [4.69, 9.17) is 16.1 Å². The number of rotatable bonds is 4. The van der Waals surface area contributed by atoms with E-state index in [1.54, 1.807) is 19.9 Å². The number of aromatic nitrogens is 1. The van der Waals surface area contributed by atoms with E-state index in [0.717, 1.165) is 0 Å². The predicted octanol–water partition coefficient (Wildman–Crippen LogP) is 3.12. The molecular weight excluding hydrogens is 397 g/mol. The summed E-state index contributed by atoms with van der Waals surface area (Å²) in [5.74, 6) is -1.22. The van der Waals surface area contributed by atoms with Gasteiger partial charge >= 0.3 is 0 Å². The molecule has 1 aromatic carbocycles. The highest BCUT2D eigenvalue weighted by atomic mass is 35.5. The molecule has 0 radical (unpaired) electrons. The second-order valence-electron chi connectivity index (χ2n) is 6.42. The summed E-state index contributed by atoms with van der Waals surface area (Å²) < 4.78 is 45.8. The van der Waals surface area contributed by atoms with Gasteiger partial charge in [-0.1, -0.05) is 22.8 Å². The number of carbonyl (C=O) groups is 1. The summed E-state index contributed by atoms with van der Waals surface area (Å²) in [7, 11) is -3.73. The highest BCUT2D eigenvalue weighted by Crippen LogP contribution is 2.29. The number of carbonyl (C=O) groups excluding carboxylic acids is 1. The van der Waals surface area contributed by atoms with Crippen LogP contribution in [0.1, 0.15) is 24.3 Å². The zero-order chi connectivity index (χ0) is 19.8. The van der Waals surface area contributed by atoms with Crippen molar-refractivity contribution in [3.8, 4) is 0 Å². The van der Waals surface area contributed by atoms with Gasteiger partial charge in [-0.15, -0.1) is 0 Å². The molecule has 0 atom stereocenters. The molecule has 0 bridgehead atoms. The van der Waals surface area contributed by atoms with Crippen LogP contribution in [-0.2, 0) is 14.8 Å². The molecule has 0 spiro atoms. The summed E-state index contributed by atoms with van der Waals surface area (Å²) in [6.07, 6.45) is 0.660. The molecule has 1 amide bonds. The quantitative estimate of drug-likeness (QED) is 0.828. The molecule has 2 aromatic rings. The lowest BCUT2D eigenvalue weighted by atomic mass is 9.97. The van der Waals surface area contributed by atoms with Crippen molar-refractivity contribution < 1.29 is 22.1 Å². The summed E-state index contributed by atoms with van der Waals surface area (Å²) in [5, 5.41) is 6.14. The number of aryl methyl sites for hydroxylation is 2. The standard InChI is InChI=1S/C17H19ClFN3O4S/c1-10-16(11(2)26-21-10)27(24,25)22-8-6-12(7-9-22)17(23)20-14-5-3-4-13(18)15(14)19/h3-5,12H,6-9H2,1-2H3,(H,20,23). The van der Waals surface area contributed by atoms with E-state index in [2.05, 4.69) is 10.5 Å². The Kier molecular flexibility index (Phi) is 5.55. The van der Waals surface area contributed by atoms with Gasteiger partial charge in [0.15, 0.2) is 11.6 Å². The molecule has 10 heteroatoms. The van der Waals surface area contributed by atoms with Gasteiger partial charge < -0.3 is 9.84 Å². The average molecular weight is 416 g/mol. The van der Waals surface area contributed by atoms with E-state index in [1.807, 2.05) is 0 Å². The second kappa shape index (κ2) is 7.57. The molecule has 1 N–H and O–H groups in total. The van der Waals surface area contributed by atoms with Gasteiger partial charge in [0, 0.05) is 19.0 Å². The fourth-order valence-electron chi connectivity index (χ4n) is 3.17. The van der Waals surface area contributed by atoms with E-state index in [0.29, 0.717) is 18.5 Å². The van der Waals surface area contributed by atoms with Crippen LogP contribution in [0, 0.1) is 25.6 Å². The molecule has 27 heavy (non-hydrogen) atoms. The zero-order valence-electron chi connectivity index (χ0n) is 14.8. The topological polar surface area (TPSA) is 92.5 Å². The molecule has 0 saturated carbocycles. The number of anilines is 1. The third kappa shape index (κ3) is 3.85. The number of amides is 1. The fourth-order valence-corrected chi connectivity index (χ4v) is 5.10. The van der Waals surface area contributed by atoms with Crippen LogP contribution in [0.25, 0.3) is 0 Å². The SMILES string of the molecule is Cc1noc(C)c1S(=O)(=O)N1CCC(C(=O)Nc2cccc(Cl)c2F)CC1. The summed E-state index contributed by atoms with van der Waals surface area (Å²) in [5.41, 5.74) is 0.321. The van der Waals surface area contributed by atoms with E-state index in [-0.39, 0.29) is 40.4 Å².